The highest BCUT2D eigenvalue weighted by atomic mass is 32.1. The van der Waals surface area contributed by atoms with Crippen LogP contribution in [0.5, 0.6) is 0 Å². The molecule has 2 aromatic carbocycles. The Balaban J connectivity index is 1.58. The quantitative estimate of drug-likeness (QED) is 0.130. The van der Waals surface area contributed by atoms with Gasteiger partial charge in [-0.15, -0.1) is 11.3 Å². The molecule has 3 aromatic rings. The number of aliphatic hydroxyl groups is 1. The van der Waals surface area contributed by atoms with Gasteiger partial charge in [-0.25, -0.2) is 14.6 Å². The molecule has 5 amide bonds. The molecular formula is C39H54N6O6S. The van der Waals surface area contributed by atoms with Crippen LogP contribution in [0.15, 0.2) is 66.9 Å². The number of carbonyl (C=O) groups is 4. The minimum absolute atomic E-state index is 0.0863. The van der Waals surface area contributed by atoms with E-state index in [0.717, 1.165) is 21.0 Å². The van der Waals surface area contributed by atoms with Crippen LogP contribution >= 0.6 is 11.3 Å². The van der Waals surface area contributed by atoms with Crippen LogP contribution < -0.4 is 16.0 Å². The number of hydrogen-bond acceptors (Lipinski definition) is 7. The van der Waals surface area contributed by atoms with Gasteiger partial charge in [-0.1, -0.05) is 102 Å². The second-order valence-corrected chi connectivity index (χ2v) is 16.1. The third-order valence-electron chi connectivity index (χ3n) is 9.61. The molecule has 0 saturated carbocycles. The molecule has 0 bridgehead atoms. The molecule has 1 fully saturated rings. The molecule has 0 radical (unpaired) electrons. The fraction of sp³-hybridized carbons (Fsp3) is 0.513. The Morgan fingerprint density at radius 2 is 1.54 bits per heavy atom. The summed E-state index contributed by atoms with van der Waals surface area (Å²) in [7, 11) is 0. The van der Waals surface area contributed by atoms with Crippen molar-refractivity contribution in [3.8, 4) is 0 Å². The van der Waals surface area contributed by atoms with Crippen LogP contribution in [0, 0.1) is 18.3 Å². The summed E-state index contributed by atoms with van der Waals surface area (Å²) in [4.78, 5) is 62.0. The van der Waals surface area contributed by atoms with E-state index in [4.69, 9.17) is 0 Å². The Kier molecular flexibility index (Phi) is 14.2. The number of carboxylic acid groups (broad SMARTS) is 1. The van der Waals surface area contributed by atoms with Crippen LogP contribution in [0.25, 0.3) is 0 Å². The molecule has 1 aliphatic rings. The molecule has 52 heavy (non-hydrogen) atoms. The number of urea groups is 1. The summed E-state index contributed by atoms with van der Waals surface area (Å²) < 4.78 is 0. The van der Waals surface area contributed by atoms with E-state index in [1.54, 1.807) is 48.1 Å². The average Bonchev–Trinajstić information content (AvgIpc) is 3.67. The second-order valence-electron chi connectivity index (χ2n) is 14.8. The summed E-state index contributed by atoms with van der Waals surface area (Å²) in [5.41, 5.74) is 1.07. The zero-order chi connectivity index (χ0) is 38.0. The van der Waals surface area contributed by atoms with Crippen LogP contribution in [-0.4, -0.2) is 92.3 Å². The molecule has 1 unspecified atom stereocenters. The lowest BCUT2D eigenvalue weighted by molar-refractivity contribution is -0.129. The summed E-state index contributed by atoms with van der Waals surface area (Å²) in [6.07, 6.45) is 0.769. The fourth-order valence-corrected chi connectivity index (χ4v) is 7.46. The number of amides is 5. The summed E-state index contributed by atoms with van der Waals surface area (Å²) >= 11 is 1.55. The Morgan fingerprint density at radius 3 is 2.08 bits per heavy atom. The number of carbonyl (C=O) groups excluding carboxylic acids is 3. The maximum atomic E-state index is 14.3. The van der Waals surface area contributed by atoms with Crippen LogP contribution in [0.1, 0.15) is 68.5 Å². The van der Waals surface area contributed by atoms with Gasteiger partial charge in [0.25, 0.3) is 0 Å². The van der Waals surface area contributed by atoms with Gasteiger partial charge in [-0.2, -0.15) is 0 Å². The minimum atomic E-state index is -1.32. The summed E-state index contributed by atoms with van der Waals surface area (Å²) in [6, 6.07) is 15.7. The van der Waals surface area contributed by atoms with Gasteiger partial charge >= 0.3 is 12.1 Å². The van der Waals surface area contributed by atoms with Gasteiger partial charge in [-0.05, 0) is 48.6 Å². The molecule has 6 atom stereocenters. The highest BCUT2D eigenvalue weighted by molar-refractivity contribution is 7.11. The number of hydrogen-bond donors (Lipinski definition) is 5. The van der Waals surface area contributed by atoms with Gasteiger partial charge < -0.3 is 36.0 Å². The number of aryl methyl sites for hydroxylation is 1. The number of thiazole rings is 1. The first-order chi connectivity index (χ1) is 24.7. The van der Waals surface area contributed by atoms with Gasteiger partial charge in [-0.3, -0.25) is 9.59 Å². The minimum Gasteiger partial charge on any atom is -0.465 e. The van der Waals surface area contributed by atoms with Gasteiger partial charge in [0.2, 0.25) is 11.8 Å². The number of rotatable bonds is 17. The van der Waals surface area contributed by atoms with E-state index in [-0.39, 0.29) is 30.7 Å². The molecule has 4 rings (SSSR count). The molecule has 1 aliphatic heterocycles. The number of nitrogens with one attached hydrogen (secondary N) is 3. The van der Waals surface area contributed by atoms with Crippen LogP contribution in [0.3, 0.4) is 0 Å². The van der Waals surface area contributed by atoms with Crippen molar-refractivity contribution in [2.75, 3.05) is 13.1 Å². The highest BCUT2D eigenvalue weighted by Gasteiger charge is 2.41. The molecule has 282 valence electrons. The Morgan fingerprint density at radius 1 is 0.923 bits per heavy atom. The standard InChI is InChI=1S/C39H54N6O6S/c1-7-25(2)33(45-19-18-44(38(45)51)24-30-23-40-26(3)52-30)35(47)41-29(20-27-14-10-8-11-15-27)22-32(46)31(21-28-16-12-9-13-17-28)42-36(48)34(39(4,5)6)43-37(49)50/h8-17,23,25,29,31-34,43,46H,7,18-22,24H2,1-6H3,(H,41,47)(H,42,48)(H,49,50)/t25?,29-,31-,32-,33-,34+/m0/s1. The second kappa shape index (κ2) is 18.3. The predicted octanol–water partition coefficient (Wildman–Crippen LogP) is 4.99. The first kappa shape index (κ1) is 40.3. The van der Waals surface area contributed by atoms with Crippen molar-refractivity contribution in [3.63, 3.8) is 0 Å². The lowest BCUT2D eigenvalue weighted by atomic mass is 9.85. The summed E-state index contributed by atoms with van der Waals surface area (Å²) in [5, 5.41) is 30.8. The predicted molar refractivity (Wildman–Crippen MR) is 202 cm³/mol. The molecule has 2 heterocycles. The topological polar surface area (TPSA) is 164 Å². The largest absolute Gasteiger partial charge is 0.465 e. The number of benzene rings is 2. The lowest BCUT2D eigenvalue weighted by Crippen LogP contribution is -2.58. The van der Waals surface area contributed by atoms with E-state index in [9.17, 15) is 29.4 Å². The van der Waals surface area contributed by atoms with Crippen molar-refractivity contribution < 1.29 is 29.4 Å². The van der Waals surface area contributed by atoms with Crippen molar-refractivity contribution in [1.82, 2.24) is 30.7 Å². The molecule has 12 nitrogen and oxygen atoms in total. The molecule has 5 N–H and O–H groups in total. The van der Waals surface area contributed by atoms with Crippen molar-refractivity contribution in [3.05, 3.63) is 87.9 Å². The molecule has 13 heteroatoms. The van der Waals surface area contributed by atoms with E-state index in [1.807, 2.05) is 81.4 Å². The van der Waals surface area contributed by atoms with Crippen molar-refractivity contribution >= 4 is 35.3 Å². The molecule has 1 saturated heterocycles. The monoisotopic (exact) mass is 734 g/mol. The zero-order valence-corrected chi connectivity index (χ0v) is 31.9. The molecular weight excluding hydrogens is 681 g/mol. The highest BCUT2D eigenvalue weighted by Crippen LogP contribution is 2.25. The first-order valence-corrected chi connectivity index (χ1v) is 18.8. The maximum Gasteiger partial charge on any atom is 0.405 e. The smallest absolute Gasteiger partial charge is 0.405 e. The van der Waals surface area contributed by atoms with Gasteiger partial charge in [0, 0.05) is 30.2 Å². The Labute approximate surface area is 311 Å². The Bertz CT molecular complexity index is 1630. The van der Waals surface area contributed by atoms with Gasteiger partial charge in [0.05, 0.1) is 23.7 Å². The zero-order valence-electron chi connectivity index (χ0n) is 31.0. The maximum absolute atomic E-state index is 14.3. The molecule has 1 aromatic heterocycles. The van der Waals surface area contributed by atoms with Crippen LogP contribution in [-0.2, 0) is 29.0 Å². The van der Waals surface area contributed by atoms with E-state index >= 15 is 0 Å². The fourth-order valence-electron chi connectivity index (χ4n) is 6.65. The van der Waals surface area contributed by atoms with Crippen molar-refractivity contribution in [2.24, 2.45) is 11.3 Å². The van der Waals surface area contributed by atoms with E-state index in [2.05, 4.69) is 20.9 Å². The van der Waals surface area contributed by atoms with Gasteiger partial charge in [0.15, 0.2) is 0 Å². The van der Waals surface area contributed by atoms with Crippen LogP contribution in [0.4, 0.5) is 9.59 Å². The third kappa shape index (κ3) is 11.3. The average molecular weight is 735 g/mol. The molecule has 0 aliphatic carbocycles. The molecule has 0 spiro atoms. The normalized spacial score (nSPS) is 16.8. The first-order valence-electron chi connectivity index (χ1n) is 18.0. The summed E-state index contributed by atoms with van der Waals surface area (Å²) in [5.74, 6) is -0.993. The van der Waals surface area contributed by atoms with Crippen molar-refractivity contribution in [2.45, 2.75) is 104 Å². The van der Waals surface area contributed by atoms with Crippen molar-refractivity contribution in [1.29, 1.82) is 0 Å². The van der Waals surface area contributed by atoms with E-state index < -0.39 is 47.7 Å². The number of aliphatic hydroxyl groups excluding tert-OH is 1. The van der Waals surface area contributed by atoms with Gasteiger partial charge in [0.1, 0.15) is 12.1 Å². The SMILES string of the molecule is CCC(C)[C@@H](C(=O)N[C@@H](Cc1ccccc1)C[C@H](O)[C@H](Cc1ccccc1)NC(=O)[C@@H](NC(=O)O)C(C)(C)C)N1CCN(Cc2cnc(C)s2)C1=O. The van der Waals surface area contributed by atoms with E-state index in [0.29, 0.717) is 32.5 Å². The number of nitrogens with zero attached hydrogens (tertiary/aromatic N) is 3. The van der Waals surface area contributed by atoms with Crippen LogP contribution in [0.2, 0.25) is 0 Å². The summed E-state index contributed by atoms with van der Waals surface area (Å²) in [6.45, 7) is 12.5. The third-order valence-corrected chi connectivity index (χ3v) is 10.5. The number of aromatic nitrogens is 1. The Hall–Kier alpha value is -4.49. The lowest BCUT2D eigenvalue weighted by Gasteiger charge is -2.35. The van der Waals surface area contributed by atoms with E-state index in [1.165, 1.54) is 0 Å².